The summed E-state index contributed by atoms with van der Waals surface area (Å²) in [6.07, 6.45) is -0.449. The maximum absolute atomic E-state index is 10.3. The van der Waals surface area contributed by atoms with Crippen LogP contribution < -0.4 is 0 Å². The molecule has 1 fully saturated rings. The molecular weight excluding hydrogens is 294 g/mol. The second-order valence-electron chi connectivity index (χ2n) is 5.38. The lowest BCUT2D eigenvalue weighted by Gasteiger charge is -2.43. The lowest BCUT2D eigenvalue weighted by Crippen LogP contribution is -2.54. The molecule has 100 valence electrons. The number of β-amino-alcohol motifs (C(OH)–C–C–N with tert-alkyl or cyclic N) is 1. The Bertz CT molecular complexity index is 391. The Morgan fingerprint density at radius 3 is 2.67 bits per heavy atom. The number of rotatable bonds is 3. The molecule has 0 aromatic heterocycles. The third kappa shape index (κ3) is 3.32. The molecule has 1 atom stereocenters. The van der Waals surface area contributed by atoms with Gasteiger partial charge in [-0.3, -0.25) is 4.90 Å². The third-order valence-corrected chi connectivity index (χ3v) is 3.99. The molecule has 1 N–H and O–H groups in total. The zero-order valence-electron chi connectivity index (χ0n) is 10.9. The monoisotopic (exact) mass is 313 g/mol. The predicted octanol–water partition coefficient (Wildman–Crippen LogP) is 2.59. The fourth-order valence-electron chi connectivity index (χ4n) is 2.23. The van der Waals surface area contributed by atoms with Crippen molar-refractivity contribution >= 4 is 15.9 Å². The fraction of sp³-hybridized carbons (Fsp3) is 0.571. The second kappa shape index (κ2) is 5.70. The number of aliphatic hydroxyl groups excluding tert-OH is 1. The summed E-state index contributed by atoms with van der Waals surface area (Å²) in [5, 5.41) is 10.3. The molecule has 0 radical (unpaired) electrons. The molecule has 0 spiro atoms. The van der Waals surface area contributed by atoms with Crippen LogP contribution in [-0.4, -0.2) is 41.8 Å². The average Bonchev–Trinajstić information content (AvgIpc) is 2.32. The van der Waals surface area contributed by atoms with Gasteiger partial charge in [-0.15, -0.1) is 0 Å². The zero-order valence-corrected chi connectivity index (χ0v) is 12.5. The van der Waals surface area contributed by atoms with Crippen LogP contribution in [0, 0.1) is 0 Å². The number of morpholine rings is 1. The molecule has 1 unspecified atom stereocenters. The molecule has 4 heteroatoms. The van der Waals surface area contributed by atoms with Gasteiger partial charge in [0.1, 0.15) is 0 Å². The first kappa shape index (κ1) is 14.0. The Morgan fingerprint density at radius 1 is 1.39 bits per heavy atom. The Kier molecular flexibility index (Phi) is 4.43. The van der Waals surface area contributed by atoms with Crippen molar-refractivity contribution in [2.45, 2.75) is 25.5 Å². The van der Waals surface area contributed by atoms with Crippen LogP contribution in [0.1, 0.15) is 25.5 Å². The van der Waals surface area contributed by atoms with E-state index in [0.29, 0.717) is 6.54 Å². The lowest BCUT2D eigenvalue weighted by molar-refractivity contribution is -0.0667. The van der Waals surface area contributed by atoms with Crippen LogP contribution in [0.2, 0.25) is 0 Å². The van der Waals surface area contributed by atoms with Crippen LogP contribution in [0.4, 0.5) is 0 Å². The summed E-state index contributed by atoms with van der Waals surface area (Å²) in [4.78, 5) is 2.29. The largest absolute Gasteiger partial charge is 0.387 e. The van der Waals surface area contributed by atoms with E-state index in [0.717, 1.165) is 29.8 Å². The van der Waals surface area contributed by atoms with E-state index in [1.807, 2.05) is 24.3 Å². The van der Waals surface area contributed by atoms with Crippen LogP contribution in [-0.2, 0) is 4.74 Å². The summed E-state index contributed by atoms with van der Waals surface area (Å²) in [7, 11) is 0. The summed E-state index contributed by atoms with van der Waals surface area (Å²) in [5.41, 5.74) is 0.953. The summed E-state index contributed by atoms with van der Waals surface area (Å²) in [5.74, 6) is 0. The molecule has 1 saturated heterocycles. The molecule has 1 aromatic carbocycles. The summed E-state index contributed by atoms with van der Waals surface area (Å²) < 4.78 is 6.52. The molecule has 3 nitrogen and oxygen atoms in total. The molecule has 1 aromatic rings. The molecule has 1 aliphatic heterocycles. The van der Waals surface area contributed by atoms with Crippen molar-refractivity contribution in [3.63, 3.8) is 0 Å². The number of hydrogen-bond acceptors (Lipinski definition) is 3. The third-order valence-electron chi connectivity index (χ3n) is 3.46. The molecule has 0 amide bonds. The lowest BCUT2D eigenvalue weighted by atomic mass is 10.0. The standard InChI is InChI=1S/C14H20BrNO2/c1-14(2)10-18-8-7-16(14)9-13(17)11-3-5-12(15)6-4-11/h3-6,13,17H,7-10H2,1-2H3. The van der Waals surface area contributed by atoms with Gasteiger partial charge in [0.05, 0.1) is 19.3 Å². The van der Waals surface area contributed by atoms with E-state index in [2.05, 4.69) is 34.7 Å². The van der Waals surface area contributed by atoms with Crippen molar-refractivity contribution in [2.24, 2.45) is 0 Å². The summed E-state index contributed by atoms with van der Waals surface area (Å²) >= 11 is 3.40. The predicted molar refractivity (Wildman–Crippen MR) is 75.6 cm³/mol. The van der Waals surface area contributed by atoms with Crippen molar-refractivity contribution in [3.05, 3.63) is 34.3 Å². The van der Waals surface area contributed by atoms with Crippen LogP contribution in [0.5, 0.6) is 0 Å². The first-order valence-corrected chi connectivity index (χ1v) is 7.05. The molecule has 0 aliphatic carbocycles. The van der Waals surface area contributed by atoms with Crippen molar-refractivity contribution in [1.82, 2.24) is 4.90 Å². The number of benzene rings is 1. The van der Waals surface area contributed by atoms with E-state index in [-0.39, 0.29) is 5.54 Å². The van der Waals surface area contributed by atoms with Gasteiger partial charge in [-0.25, -0.2) is 0 Å². The Hall–Kier alpha value is -0.420. The first-order chi connectivity index (χ1) is 8.49. The Morgan fingerprint density at radius 2 is 2.06 bits per heavy atom. The van der Waals surface area contributed by atoms with Gasteiger partial charge in [0.15, 0.2) is 0 Å². The number of nitrogens with zero attached hydrogens (tertiary/aromatic N) is 1. The maximum Gasteiger partial charge on any atom is 0.0917 e. The van der Waals surface area contributed by atoms with Gasteiger partial charge in [0, 0.05) is 23.1 Å². The molecular formula is C14H20BrNO2. The molecule has 1 aliphatic rings. The highest BCUT2D eigenvalue weighted by Crippen LogP contribution is 2.24. The molecule has 18 heavy (non-hydrogen) atoms. The summed E-state index contributed by atoms with van der Waals surface area (Å²) in [6, 6.07) is 7.84. The minimum absolute atomic E-state index is 0.00536. The minimum Gasteiger partial charge on any atom is -0.387 e. The minimum atomic E-state index is -0.449. The van der Waals surface area contributed by atoms with Gasteiger partial charge in [-0.05, 0) is 31.5 Å². The van der Waals surface area contributed by atoms with Gasteiger partial charge >= 0.3 is 0 Å². The highest BCUT2D eigenvalue weighted by molar-refractivity contribution is 9.10. The molecule has 0 saturated carbocycles. The fourth-order valence-corrected chi connectivity index (χ4v) is 2.49. The van der Waals surface area contributed by atoms with Crippen molar-refractivity contribution in [1.29, 1.82) is 0 Å². The van der Waals surface area contributed by atoms with Gasteiger partial charge < -0.3 is 9.84 Å². The highest BCUT2D eigenvalue weighted by Gasteiger charge is 2.31. The number of ether oxygens (including phenoxy) is 1. The van der Waals surface area contributed by atoms with Crippen molar-refractivity contribution in [3.8, 4) is 0 Å². The van der Waals surface area contributed by atoms with Gasteiger partial charge in [-0.2, -0.15) is 0 Å². The van der Waals surface area contributed by atoms with Crippen LogP contribution in [0.25, 0.3) is 0 Å². The second-order valence-corrected chi connectivity index (χ2v) is 6.29. The van der Waals surface area contributed by atoms with Gasteiger partial charge in [0.25, 0.3) is 0 Å². The van der Waals surface area contributed by atoms with Crippen LogP contribution in [0.3, 0.4) is 0 Å². The maximum atomic E-state index is 10.3. The van der Waals surface area contributed by atoms with Crippen molar-refractivity contribution < 1.29 is 9.84 Å². The quantitative estimate of drug-likeness (QED) is 0.931. The normalized spacial score (nSPS) is 21.8. The highest BCUT2D eigenvalue weighted by atomic mass is 79.9. The smallest absolute Gasteiger partial charge is 0.0917 e. The van der Waals surface area contributed by atoms with E-state index >= 15 is 0 Å². The topological polar surface area (TPSA) is 32.7 Å². The summed E-state index contributed by atoms with van der Waals surface area (Å²) in [6.45, 7) is 7.30. The van der Waals surface area contributed by atoms with E-state index in [9.17, 15) is 5.11 Å². The first-order valence-electron chi connectivity index (χ1n) is 6.25. The molecule has 1 heterocycles. The van der Waals surface area contributed by atoms with E-state index < -0.39 is 6.10 Å². The van der Waals surface area contributed by atoms with E-state index in [1.165, 1.54) is 0 Å². The Balaban J connectivity index is 2.02. The zero-order chi connectivity index (χ0) is 13.2. The Labute approximate surface area is 117 Å². The van der Waals surface area contributed by atoms with Gasteiger partial charge in [-0.1, -0.05) is 28.1 Å². The van der Waals surface area contributed by atoms with E-state index in [4.69, 9.17) is 4.74 Å². The number of halogens is 1. The number of hydrogen-bond donors (Lipinski definition) is 1. The molecule has 0 bridgehead atoms. The average molecular weight is 314 g/mol. The number of aliphatic hydroxyl groups is 1. The van der Waals surface area contributed by atoms with Gasteiger partial charge in [0.2, 0.25) is 0 Å². The van der Waals surface area contributed by atoms with E-state index in [1.54, 1.807) is 0 Å². The molecule has 2 rings (SSSR count). The van der Waals surface area contributed by atoms with Crippen LogP contribution >= 0.6 is 15.9 Å². The SMILES string of the molecule is CC1(C)COCCN1CC(O)c1ccc(Br)cc1. The van der Waals surface area contributed by atoms with Crippen molar-refractivity contribution in [2.75, 3.05) is 26.3 Å². The van der Waals surface area contributed by atoms with Crippen LogP contribution in [0.15, 0.2) is 28.7 Å².